The Balaban J connectivity index is 2.72. The van der Waals surface area contributed by atoms with Gasteiger partial charge in [0.2, 0.25) is 0 Å². The van der Waals surface area contributed by atoms with Crippen LogP contribution in [0.1, 0.15) is 16.9 Å². The Morgan fingerprint density at radius 2 is 2.42 bits per heavy atom. The molecule has 1 heterocycles. The number of fused-ring (bicyclic) bond motifs is 1. The first kappa shape index (κ1) is 7.35. The summed E-state index contributed by atoms with van der Waals surface area (Å²) in [5, 5.41) is 11.0. The number of carbonyl (C=O) groups excluding carboxylic acids is 1. The summed E-state index contributed by atoms with van der Waals surface area (Å²) in [6, 6.07) is 0. The Hall–Kier alpha value is -1.31. The first-order valence-electron chi connectivity index (χ1n) is 3.54. The van der Waals surface area contributed by atoms with Crippen molar-refractivity contribution < 1.29 is 9.90 Å². The highest BCUT2D eigenvalue weighted by Crippen LogP contribution is 2.38. The third-order valence-electron chi connectivity index (χ3n) is 1.82. The predicted octanol–water partition coefficient (Wildman–Crippen LogP) is 2.09. The number of rotatable bonds is 0. The van der Waals surface area contributed by atoms with E-state index in [2.05, 4.69) is 0 Å². The first-order chi connectivity index (χ1) is 5.83. The molecule has 1 aromatic rings. The fourth-order valence-electron chi connectivity index (χ4n) is 1.27. The summed E-state index contributed by atoms with van der Waals surface area (Å²) < 4.78 is 0. The number of hydrogen-bond acceptors (Lipinski definition) is 3. The molecule has 1 aromatic heterocycles. The van der Waals surface area contributed by atoms with Crippen molar-refractivity contribution in [1.29, 1.82) is 0 Å². The van der Waals surface area contributed by atoms with Crippen molar-refractivity contribution in [3.05, 3.63) is 21.9 Å². The second kappa shape index (κ2) is 2.63. The zero-order valence-electron chi connectivity index (χ0n) is 6.20. The van der Waals surface area contributed by atoms with Gasteiger partial charge in [0, 0.05) is 22.2 Å². The largest absolute Gasteiger partial charge is 0.506 e. The smallest absolute Gasteiger partial charge is 0.135 e. The van der Waals surface area contributed by atoms with Crippen LogP contribution in [0.25, 0.3) is 11.6 Å². The second-order valence-corrected chi connectivity index (χ2v) is 3.46. The van der Waals surface area contributed by atoms with Gasteiger partial charge in [-0.3, -0.25) is 0 Å². The fourth-order valence-corrected chi connectivity index (χ4v) is 2.14. The van der Waals surface area contributed by atoms with E-state index in [-0.39, 0.29) is 5.75 Å². The van der Waals surface area contributed by atoms with E-state index < -0.39 is 0 Å². The maximum absolute atomic E-state index is 10.5. The molecule has 0 unspecified atom stereocenters. The molecule has 0 spiro atoms. The first-order valence-corrected chi connectivity index (χ1v) is 4.42. The lowest BCUT2D eigenvalue weighted by Crippen LogP contribution is -1.89. The van der Waals surface area contributed by atoms with Crippen LogP contribution in [0.3, 0.4) is 0 Å². The standard InChI is InChI=1S/C9H6O2S/c10-4-6-2-1-3-8-9(6)7(11)5-12-8/h1,3,5,11H,2H2. The van der Waals surface area contributed by atoms with Crippen LogP contribution in [-0.2, 0) is 4.79 Å². The molecule has 0 radical (unpaired) electrons. The molecular weight excluding hydrogens is 172 g/mol. The van der Waals surface area contributed by atoms with Crippen molar-refractivity contribution in [2.45, 2.75) is 6.42 Å². The van der Waals surface area contributed by atoms with Crippen molar-refractivity contribution in [2.24, 2.45) is 0 Å². The maximum Gasteiger partial charge on any atom is 0.135 e. The van der Waals surface area contributed by atoms with Crippen LogP contribution >= 0.6 is 11.3 Å². The SMILES string of the molecule is O=C=C1CC=Cc2scc(O)c21. The molecule has 1 aliphatic rings. The van der Waals surface area contributed by atoms with E-state index in [0.29, 0.717) is 17.6 Å². The van der Waals surface area contributed by atoms with Gasteiger partial charge in [0.05, 0.1) is 5.57 Å². The van der Waals surface area contributed by atoms with Crippen molar-refractivity contribution in [2.75, 3.05) is 0 Å². The van der Waals surface area contributed by atoms with E-state index in [4.69, 9.17) is 0 Å². The fraction of sp³-hybridized carbons (Fsp3) is 0.111. The Labute approximate surface area is 73.5 Å². The summed E-state index contributed by atoms with van der Waals surface area (Å²) >= 11 is 1.43. The highest BCUT2D eigenvalue weighted by Gasteiger charge is 2.16. The van der Waals surface area contributed by atoms with E-state index in [1.807, 2.05) is 18.1 Å². The molecule has 12 heavy (non-hydrogen) atoms. The molecule has 1 aliphatic carbocycles. The minimum absolute atomic E-state index is 0.192. The van der Waals surface area contributed by atoms with Crippen molar-refractivity contribution in [3.8, 4) is 5.75 Å². The summed E-state index contributed by atoms with van der Waals surface area (Å²) in [6.45, 7) is 0. The molecule has 2 rings (SSSR count). The lowest BCUT2D eigenvalue weighted by atomic mass is 10.00. The van der Waals surface area contributed by atoms with E-state index >= 15 is 0 Å². The third-order valence-corrected chi connectivity index (χ3v) is 2.75. The topological polar surface area (TPSA) is 37.3 Å². The van der Waals surface area contributed by atoms with E-state index in [9.17, 15) is 9.90 Å². The van der Waals surface area contributed by atoms with Crippen molar-refractivity contribution in [3.63, 3.8) is 0 Å². The van der Waals surface area contributed by atoms with Gasteiger partial charge >= 0.3 is 0 Å². The molecule has 0 saturated carbocycles. The van der Waals surface area contributed by atoms with Gasteiger partial charge in [-0.05, 0) is 6.08 Å². The molecule has 0 atom stereocenters. The van der Waals surface area contributed by atoms with Gasteiger partial charge in [0.15, 0.2) is 0 Å². The Morgan fingerprint density at radius 1 is 1.58 bits per heavy atom. The monoisotopic (exact) mass is 178 g/mol. The van der Waals surface area contributed by atoms with Crippen LogP contribution in [0.2, 0.25) is 0 Å². The molecule has 0 aromatic carbocycles. The minimum Gasteiger partial charge on any atom is -0.506 e. The Bertz CT molecular complexity index is 395. The van der Waals surface area contributed by atoms with Gasteiger partial charge in [0.25, 0.3) is 0 Å². The lowest BCUT2D eigenvalue weighted by molar-refractivity contribution is 0.476. The molecule has 0 bridgehead atoms. The van der Waals surface area contributed by atoms with Crippen LogP contribution < -0.4 is 0 Å². The second-order valence-electron chi connectivity index (χ2n) is 2.55. The van der Waals surface area contributed by atoms with Crippen LogP contribution in [0, 0.1) is 0 Å². The van der Waals surface area contributed by atoms with Crippen molar-refractivity contribution in [1.82, 2.24) is 0 Å². The number of allylic oxidation sites excluding steroid dienone is 2. The van der Waals surface area contributed by atoms with Gasteiger partial charge in [-0.1, -0.05) is 6.08 Å². The van der Waals surface area contributed by atoms with Crippen molar-refractivity contribution >= 4 is 28.9 Å². The van der Waals surface area contributed by atoms with Crippen LogP contribution in [0.15, 0.2) is 11.5 Å². The number of thiophene rings is 1. The Morgan fingerprint density at radius 3 is 3.17 bits per heavy atom. The predicted molar refractivity (Wildman–Crippen MR) is 48.7 cm³/mol. The van der Waals surface area contributed by atoms with Gasteiger partial charge in [-0.2, -0.15) is 0 Å². The van der Waals surface area contributed by atoms with Crippen LogP contribution in [-0.4, -0.2) is 11.0 Å². The average Bonchev–Trinajstić information content (AvgIpc) is 2.48. The number of hydrogen-bond donors (Lipinski definition) is 1. The number of aromatic hydroxyl groups is 1. The molecule has 1 N–H and O–H groups in total. The molecule has 0 aliphatic heterocycles. The molecule has 60 valence electrons. The van der Waals surface area contributed by atoms with E-state index in [0.717, 1.165) is 4.88 Å². The zero-order chi connectivity index (χ0) is 8.55. The van der Waals surface area contributed by atoms with Gasteiger partial charge in [-0.25, -0.2) is 4.79 Å². The van der Waals surface area contributed by atoms with Gasteiger partial charge < -0.3 is 5.11 Å². The van der Waals surface area contributed by atoms with E-state index in [1.165, 1.54) is 11.3 Å². The molecular formula is C9H6O2S. The third kappa shape index (κ3) is 0.916. The van der Waals surface area contributed by atoms with Gasteiger partial charge in [0.1, 0.15) is 11.7 Å². The summed E-state index contributed by atoms with van der Waals surface area (Å²) in [4.78, 5) is 11.4. The Kier molecular flexibility index (Phi) is 1.61. The molecule has 2 nitrogen and oxygen atoms in total. The molecule has 3 heteroatoms. The average molecular weight is 178 g/mol. The van der Waals surface area contributed by atoms with E-state index in [1.54, 1.807) is 5.38 Å². The quantitative estimate of drug-likeness (QED) is 0.617. The molecule has 0 saturated heterocycles. The molecule has 0 fully saturated rings. The molecule has 0 amide bonds. The summed E-state index contributed by atoms with van der Waals surface area (Å²) in [5.74, 6) is 2.04. The summed E-state index contributed by atoms with van der Waals surface area (Å²) in [7, 11) is 0. The van der Waals surface area contributed by atoms with Crippen LogP contribution in [0.4, 0.5) is 0 Å². The normalized spacial score (nSPS) is 14.2. The van der Waals surface area contributed by atoms with Crippen LogP contribution in [0.5, 0.6) is 5.75 Å². The summed E-state index contributed by atoms with van der Waals surface area (Å²) in [5.41, 5.74) is 1.21. The lowest BCUT2D eigenvalue weighted by Gasteiger charge is -2.05. The summed E-state index contributed by atoms with van der Waals surface area (Å²) in [6.07, 6.45) is 4.39. The maximum atomic E-state index is 10.5. The van der Waals surface area contributed by atoms with Gasteiger partial charge in [-0.15, -0.1) is 11.3 Å². The highest BCUT2D eigenvalue weighted by atomic mass is 32.1. The minimum atomic E-state index is 0.192. The zero-order valence-corrected chi connectivity index (χ0v) is 7.02. The highest BCUT2D eigenvalue weighted by molar-refractivity contribution is 7.11.